The van der Waals surface area contributed by atoms with Crippen LogP contribution >= 0.6 is 11.6 Å². The molecule has 7 nitrogen and oxygen atoms in total. The Morgan fingerprint density at radius 3 is 2.25 bits per heavy atom. The van der Waals surface area contributed by atoms with Crippen molar-refractivity contribution in [2.45, 2.75) is 40.3 Å². The smallest absolute Gasteiger partial charge is 0.246 e. The van der Waals surface area contributed by atoms with Crippen LogP contribution in [0.2, 0.25) is 5.02 Å². The SMILES string of the molecule is Cc1ccc(COc2ccc(Oc3c(C)cc(C=CC(=O)N4CCN(Cc5ccc(CCOc6ccc(F)cc6)c(C)c5)CC4)cc3Cl)nc2)cc1. The monoisotopic (exact) mass is 719 g/mol. The van der Waals surface area contributed by atoms with Crippen molar-refractivity contribution in [3.63, 3.8) is 0 Å². The standard InChI is InChI=1S/C43H43ClFN3O4/c1-30-4-6-33(7-5-30)29-51-39-15-16-41(46-27-39)52-43-32(3)25-34(26-40(43)44)9-17-42(49)48-21-19-47(20-22-48)28-35-8-10-36(31(2)24-35)18-23-50-38-13-11-37(45)12-14-38/h4-17,24-27H,18-23,28-29H2,1-3H3. The second kappa shape index (κ2) is 17.4. The number of pyridine rings is 1. The van der Waals surface area contributed by atoms with Gasteiger partial charge in [0.05, 0.1) is 17.8 Å². The number of nitrogens with zero attached hydrogens (tertiary/aromatic N) is 3. The summed E-state index contributed by atoms with van der Waals surface area (Å²) in [7, 11) is 0. The van der Waals surface area contributed by atoms with E-state index in [0.717, 1.165) is 42.7 Å². The molecule has 1 aromatic heterocycles. The molecule has 0 N–H and O–H groups in total. The minimum atomic E-state index is -0.271. The number of benzene rings is 4. The number of piperazine rings is 1. The molecule has 6 rings (SSSR count). The normalized spacial score (nSPS) is 13.4. The highest BCUT2D eigenvalue weighted by Gasteiger charge is 2.20. The first-order chi connectivity index (χ1) is 25.2. The molecule has 0 spiro atoms. The summed E-state index contributed by atoms with van der Waals surface area (Å²) < 4.78 is 30.8. The fraction of sp³-hybridized carbons (Fsp3) is 0.256. The molecule has 1 aliphatic heterocycles. The van der Waals surface area contributed by atoms with E-state index in [1.807, 2.05) is 36.1 Å². The molecular formula is C43H43ClFN3O4. The van der Waals surface area contributed by atoms with E-state index in [2.05, 4.69) is 54.1 Å². The average Bonchev–Trinajstić information content (AvgIpc) is 3.14. The minimum absolute atomic E-state index is 0.0225. The molecule has 9 heteroatoms. The Morgan fingerprint density at radius 2 is 1.56 bits per heavy atom. The minimum Gasteiger partial charge on any atom is -0.493 e. The number of hydrogen-bond donors (Lipinski definition) is 0. The predicted molar refractivity (Wildman–Crippen MR) is 204 cm³/mol. The van der Waals surface area contributed by atoms with Crippen molar-refractivity contribution in [1.29, 1.82) is 0 Å². The maximum absolute atomic E-state index is 13.1. The molecule has 0 unspecified atom stereocenters. The van der Waals surface area contributed by atoms with E-state index in [9.17, 15) is 9.18 Å². The summed E-state index contributed by atoms with van der Waals surface area (Å²) in [6.45, 7) is 10.8. The predicted octanol–water partition coefficient (Wildman–Crippen LogP) is 9.15. The van der Waals surface area contributed by atoms with Gasteiger partial charge in [-0.15, -0.1) is 0 Å². The van der Waals surface area contributed by atoms with Gasteiger partial charge in [0.1, 0.15) is 23.9 Å². The molecule has 0 saturated carbocycles. The summed E-state index contributed by atoms with van der Waals surface area (Å²) in [6.07, 6.45) is 5.82. The fourth-order valence-corrected chi connectivity index (χ4v) is 6.37. The van der Waals surface area contributed by atoms with Crippen molar-refractivity contribution in [2.24, 2.45) is 0 Å². The van der Waals surface area contributed by atoms with Crippen LogP contribution in [-0.2, 0) is 24.4 Å². The van der Waals surface area contributed by atoms with Gasteiger partial charge in [-0.2, -0.15) is 0 Å². The Kier molecular flexibility index (Phi) is 12.2. The van der Waals surface area contributed by atoms with Crippen molar-refractivity contribution in [1.82, 2.24) is 14.8 Å². The molecule has 0 bridgehead atoms. The molecule has 1 aliphatic rings. The van der Waals surface area contributed by atoms with Gasteiger partial charge in [0.15, 0.2) is 5.75 Å². The molecule has 0 aliphatic carbocycles. The topological polar surface area (TPSA) is 64.1 Å². The van der Waals surface area contributed by atoms with E-state index in [1.54, 1.807) is 42.6 Å². The first-order valence-corrected chi connectivity index (χ1v) is 17.8. The molecule has 1 amide bonds. The zero-order valence-electron chi connectivity index (χ0n) is 29.8. The van der Waals surface area contributed by atoms with Gasteiger partial charge in [-0.1, -0.05) is 59.6 Å². The average molecular weight is 720 g/mol. The summed E-state index contributed by atoms with van der Waals surface area (Å²) in [4.78, 5) is 21.7. The summed E-state index contributed by atoms with van der Waals surface area (Å²) in [5.74, 6) is 1.94. The maximum Gasteiger partial charge on any atom is 0.246 e. The molecular weight excluding hydrogens is 677 g/mol. The highest BCUT2D eigenvalue weighted by atomic mass is 35.5. The lowest BCUT2D eigenvalue weighted by atomic mass is 10.0. The summed E-state index contributed by atoms with van der Waals surface area (Å²) in [5, 5.41) is 0.434. The van der Waals surface area contributed by atoms with E-state index >= 15 is 0 Å². The molecule has 0 atom stereocenters. The van der Waals surface area contributed by atoms with Crippen LogP contribution in [0.4, 0.5) is 4.39 Å². The van der Waals surface area contributed by atoms with Crippen molar-refractivity contribution in [2.75, 3.05) is 32.8 Å². The largest absolute Gasteiger partial charge is 0.493 e. The van der Waals surface area contributed by atoms with Crippen molar-refractivity contribution in [3.8, 4) is 23.1 Å². The molecule has 1 saturated heterocycles. The quantitative estimate of drug-likeness (QED) is 0.113. The Hall–Kier alpha value is -5.18. The van der Waals surface area contributed by atoms with Crippen LogP contribution < -0.4 is 14.2 Å². The number of aromatic nitrogens is 1. The highest BCUT2D eigenvalue weighted by Crippen LogP contribution is 2.34. The summed E-state index contributed by atoms with van der Waals surface area (Å²) in [5.41, 5.74) is 7.64. The fourth-order valence-electron chi connectivity index (χ4n) is 6.05. The zero-order chi connectivity index (χ0) is 36.5. The van der Waals surface area contributed by atoms with Crippen LogP contribution in [0.3, 0.4) is 0 Å². The van der Waals surface area contributed by atoms with E-state index in [-0.39, 0.29) is 11.7 Å². The third-order valence-corrected chi connectivity index (χ3v) is 9.34. The molecule has 4 aromatic carbocycles. The van der Waals surface area contributed by atoms with Gasteiger partial charge in [0.25, 0.3) is 0 Å². The molecule has 1 fully saturated rings. The molecule has 2 heterocycles. The number of aryl methyl sites for hydroxylation is 3. The number of amides is 1. The van der Waals surface area contributed by atoms with Gasteiger partial charge in [0, 0.05) is 51.3 Å². The second-order valence-corrected chi connectivity index (χ2v) is 13.5. The lowest BCUT2D eigenvalue weighted by Gasteiger charge is -2.34. The Labute approximate surface area is 310 Å². The lowest BCUT2D eigenvalue weighted by Crippen LogP contribution is -2.47. The molecule has 5 aromatic rings. The maximum atomic E-state index is 13.1. The van der Waals surface area contributed by atoms with E-state index in [1.165, 1.54) is 34.4 Å². The molecule has 52 heavy (non-hydrogen) atoms. The number of rotatable bonds is 13. The van der Waals surface area contributed by atoms with Gasteiger partial charge < -0.3 is 19.1 Å². The van der Waals surface area contributed by atoms with Crippen LogP contribution in [0.1, 0.15) is 38.9 Å². The van der Waals surface area contributed by atoms with Gasteiger partial charge in [0.2, 0.25) is 11.8 Å². The van der Waals surface area contributed by atoms with Crippen molar-refractivity contribution in [3.05, 3.63) is 153 Å². The number of hydrogen-bond acceptors (Lipinski definition) is 6. The molecule has 268 valence electrons. The van der Waals surface area contributed by atoms with Crippen LogP contribution in [0.25, 0.3) is 6.08 Å². The number of ether oxygens (including phenoxy) is 3. The first kappa shape index (κ1) is 36.6. The number of halogens is 2. The zero-order valence-corrected chi connectivity index (χ0v) is 30.5. The Morgan fingerprint density at radius 1 is 0.827 bits per heavy atom. The summed E-state index contributed by atoms with van der Waals surface area (Å²) in [6, 6.07) is 28.2. The Bertz CT molecular complexity index is 1970. The van der Waals surface area contributed by atoms with Crippen LogP contribution in [0.5, 0.6) is 23.1 Å². The Balaban J connectivity index is 0.944. The van der Waals surface area contributed by atoms with E-state index < -0.39 is 0 Å². The van der Waals surface area contributed by atoms with E-state index in [4.69, 9.17) is 25.8 Å². The third-order valence-electron chi connectivity index (χ3n) is 9.06. The van der Waals surface area contributed by atoms with E-state index in [0.29, 0.717) is 54.5 Å². The van der Waals surface area contributed by atoms with Crippen molar-refractivity contribution < 1.29 is 23.4 Å². The van der Waals surface area contributed by atoms with Gasteiger partial charge in [-0.25, -0.2) is 9.37 Å². The van der Waals surface area contributed by atoms with Crippen LogP contribution in [0.15, 0.2) is 103 Å². The van der Waals surface area contributed by atoms with Gasteiger partial charge in [-0.3, -0.25) is 9.69 Å². The highest BCUT2D eigenvalue weighted by molar-refractivity contribution is 6.32. The van der Waals surface area contributed by atoms with Gasteiger partial charge in [-0.05, 0) is 103 Å². The number of carbonyl (C=O) groups is 1. The van der Waals surface area contributed by atoms with Crippen LogP contribution in [0, 0.1) is 26.6 Å². The summed E-state index contributed by atoms with van der Waals surface area (Å²) >= 11 is 6.63. The third kappa shape index (κ3) is 10.2. The second-order valence-electron chi connectivity index (χ2n) is 13.1. The lowest BCUT2D eigenvalue weighted by molar-refractivity contribution is -0.127. The first-order valence-electron chi connectivity index (χ1n) is 17.5. The number of carbonyl (C=O) groups excluding carboxylic acids is 1. The van der Waals surface area contributed by atoms with Gasteiger partial charge >= 0.3 is 0 Å². The molecule has 0 radical (unpaired) electrons. The van der Waals surface area contributed by atoms with Crippen molar-refractivity contribution >= 4 is 23.6 Å². The van der Waals surface area contributed by atoms with Crippen LogP contribution in [-0.4, -0.2) is 53.5 Å².